The van der Waals surface area contributed by atoms with Gasteiger partial charge in [0.1, 0.15) is 13.2 Å². The molecule has 3 rings (SSSR count). The second-order valence-electron chi connectivity index (χ2n) is 4.54. The van der Waals surface area contributed by atoms with Crippen molar-refractivity contribution >= 4 is 11.6 Å². The Morgan fingerprint density at radius 1 is 1.31 bits per heavy atom. The molecule has 2 N–H and O–H groups in total. The second kappa shape index (κ2) is 3.28. The minimum Gasteiger partial charge on any atom is -0.486 e. The molecule has 0 unspecified atom stereocenters. The van der Waals surface area contributed by atoms with E-state index in [1.165, 1.54) is 0 Å². The van der Waals surface area contributed by atoms with Gasteiger partial charge in [-0.25, -0.2) is 0 Å². The van der Waals surface area contributed by atoms with Gasteiger partial charge in [-0.05, 0) is 25.3 Å². The zero-order chi connectivity index (χ0) is 11.3. The van der Waals surface area contributed by atoms with Crippen LogP contribution in [0.25, 0.3) is 0 Å². The summed E-state index contributed by atoms with van der Waals surface area (Å²) >= 11 is 6.19. The molecule has 4 heteroatoms. The summed E-state index contributed by atoms with van der Waals surface area (Å²) in [5.74, 6) is 1.53. The molecule has 1 aromatic rings. The van der Waals surface area contributed by atoms with Crippen LogP contribution < -0.4 is 15.2 Å². The van der Waals surface area contributed by atoms with Crippen molar-refractivity contribution in [3.05, 3.63) is 22.2 Å². The molecular formula is C12H14ClNO2. The van der Waals surface area contributed by atoms with E-state index >= 15 is 0 Å². The van der Waals surface area contributed by atoms with Crippen LogP contribution in [0, 0.1) is 6.92 Å². The zero-order valence-electron chi connectivity index (χ0n) is 9.18. The fourth-order valence-corrected chi connectivity index (χ4v) is 2.43. The number of halogens is 1. The van der Waals surface area contributed by atoms with E-state index in [-0.39, 0.29) is 5.54 Å². The molecule has 2 aliphatic rings. The first-order chi connectivity index (χ1) is 7.62. The minimum atomic E-state index is -0.250. The van der Waals surface area contributed by atoms with Crippen molar-refractivity contribution in [2.45, 2.75) is 25.3 Å². The van der Waals surface area contributed by atoms with Crippen molar-refractivity contribution in [3.63, 3.8) is 0 Å². The molecule has 16 heavy (non-hydrogen) atoms. The number of nitrogens with two attached hydrogens (primary N) is 1. The summed E-state index contributed by atoms with van der Waals surface area (Å²) < 4.78 is 11.3. The monoisotopic (exact) mass is 239 g/mol. The average molecular weight is 240 g/mol. The van der Waals surface area contributed by atoms with Crippen molar-refractivity contribution in [2.75, 3.05) is 13.2 Å². The normalized spacial score (nSPS) is 20.7. The fourth-order valence-electron chi connectivity index (χ4n) is 2.23. The Hall–Kier alpha value is -0.930. The van der Waals surface area contributed by atoms with Crippen LogP contribution in [0.4, 0.5) is 0 Å². The summed E-state index contributed by atoms with van der Waals surface area (Å²) in [5.41, 5.74) is 8.07. The van der Waals surface area contributed by atoms with E-state index in [1.807, 2.05) is 13.0 Å². The molecule has 0 atom stereocenters. The maximum absolute atomic E-state index is 6.27. The van der Waals surface area contributed by atoms with Crippen LogP contribution in [-0.4, -0.2) is 13.2 Å². The van der Waals surface area contributed by atoms with Gasteiger partial charge >= 0.3 is 0 Å². The Labute approximate surface area is 99.5 Å². The van der Waals surface area contributed by atoms with Crippen LogP contribution in [-0.2, 0) is 5.54 Å². The molecule has 1 aromatic carbocycles. The summed E-state index contributed by atoms with van der Waals surface area (Å²) in [5, 5.41) is 0.705. The molecule has 0 radical (unpaired) electrons. The van der Waals surface area contributed by atoms with E-state index in [0.717, 1.165) is 35.5 Å². The van der Waals surface area contributed by atoms with Crippen LogP contribution in [0.2, 0.25) is 5.02 Å². The predicted molar refractivity (Wildman–Crippen MR) is 62.3 cm³/mol. The molecule has 1 fully saturated rings. The van der Waals surface area contributed by atoms with Gasteiger partial charge in [0, 0.05) is 22.2 Å². The fraction of sp³-hybridized carbons (Fsp3) is 0.500. The third-order valence-electron chi connectivity index (χ3n) is 3.32. The molecule has 0 saturated heterocycles. The number of rotatable bonds is 1. The van der Waals surface area contributed by atoms with E-state index in [0.29, 0.717) is 18.2 Å². The van der Waals surface area contributed by atoms with Crippen molar-refractivity contribution in [1.82, 2.24) is 0 Å². The number of hydrogen-bond acceptors (Lipinski definition) is 3. The number of hydrogen-bond donors (Lipinski definition) is 1. The summed E-state index contributed by atoms with van der Waals surface area (Å²) in [6.07, 6.45) is 1.98. The summed E-state index contributed by atoms with van der Waals surface area (Å²) in [6.45, 7) is 3.14. The van der Waals surface area contributed by atoms with E-state index < -0.39 is 0 Å². The van der Waals surface area contributed by atoms with Crippen LogP contribution in [0.3, 0.4) is 0 Å². The van der Waals surface area contributed by atoms with Gasteiger partial charge in [0.15, 0.2) is 11.5 Å². The number of fused-ring (bicyclic) bond motifs is 1. The highest BCUT2D eigenvalue weighted by Gasteiger charge is 2.45. The van der Waals surface area contributed by atoms with Gasteiger partial charge < -0.3 is 15.2 Å². The third kappa shape index (κ3) is 1.39. The lowest BCUT2D eigenvalue weighted by Gasteiger charge is -2.25. The third-order valence-corrected chi connectivity index (χ3v) is 3.71. The first-order valence-corrected chi connectivity index (χ1v) is 5.88. The molecule has 0 bridgehead atoms. The van der Waals surface area contributed by atoms with Gasteiger partial charge in [-0.1, -0.05) is 11.6 Å². The highest BCUT2D eigenvalue weighted by Crippen LogP contribution is 2.52. The van der Waals surface area contributed by atoms with E-state index in [4.69, 9.17) is 26.8 Å². The first-order valence-electron chi connectivity index (χ1n) is 5.50. The van der Waals surface area contributed by atoms with Crippen LogP contribution in [0.15, 0.2) is 6.07 Å². The van der Waals surface area contributed by atoms with Gasteiger partial charge in [-0.3, -0.25) is 0 Å². The molecule has 0 spiro atoms. The maximum atomic E-state index is 6.27. The molecule has 1 heterocycles. The summed E-state index contributed by atoms with van der Waals surface area (Å²) in [6, 6.07) is 1.82. The smallest absolute Gasteiger partial charge is 0.166 e. The summed E-state index contributed by atoms with van der Waals surface area (Å²) in [4.78, 5) is 0. The van der Waals surface area contributed by atoms with E-state index in [1.54, 1.807) is 0 Å². The van der Waals surface area contributed by atoms with Crippen molar-refractivity contribution in [3.8, 4) is 11.5 Å². The SMILES string of the molecule is Cc1c(Cl)cc2c(c1C1(N)CC1)OCCO2. The first kappa shape index (κ1) is 10.2. The molecule has 1 saturated carbocycles. The van der Waals surface area contributed by atoms with Gasteiger partial charge in [0.05, 0.1) is 0 Å². The molecule has 3 nitrogen and oxygen atoms in total. The topological polar surface area (TPSA) is 44.5 Å². The van der Waals surface area contributed by atoms with E-state index in [2.05, 4.69) is 0 Å². The largest absolute Gasteiger partial charge is 0.486 e. The Morgan fingerprint density at radius 2 is 2.00 bits per heavy atom. The molecule has 1 aliphatic heterocycles. The predicted octanol–water partition coefficient (Wildman–Crippen LogP) is 2.37. The highest BCUT2D eigenvalue weighted by molar-refractivity contribution is 6.31. The Kier molecular flexibility index (Phi) is 2.10. The Balaban J connectivity index is 2.23. The van der Waals surface area contributed by atoms with E-state index in [9.17, 15) is 0 Å². The van der Waals surface area contributed by atoms with Gasteiger partial charge in [0.25, 0.3) is 0 Å². The Morgan fingerprint density at radius 3 is 2.69 bits per heavy atom. The summed E-state index contributed by atoms with van der Waals surface area (Å²) in [7, 11) is 0. The zero-order valence-corrected chi connectivity index (χ0v) is 9.93. The highest BCUT2D eigenvalue weighted by atomic mass is 35.5. The Bertz CT molecular complexity index is 455. The molecule has 1 aliphatic carbocycles. The average Bonchev–Trinajstić information content (AvgIpc) is 2.99. The van der Waals surface area contributed by atoms with Gasteiger partial charge in [-0.15, -0.1) is 0 Å². The van der Waals surface area contributed by atoms with Crippen LogP contribution >= 0.6 is 11.6 Å². The van der Waals surface area contributed by atoms with Gasteiger partial charge in [0.2, 0.25) is 0 Å². The number of ether oxygens (including phenoxy) is 2. The molecule has 0 amide bonds. The van der Waals surface area contributed by atoms with Crippen molar-refractivity contribution < 1.29 is 9.47 Å². The maximum Gasteiger partial charge on any atom is 0.166 e. The standard InChI is InChI=1S/C12H14ClNO2/c1-7-8(13)6-9-11(16-5-4-15-9)10(7)12(14)2-3-12/h6H,2-5,14H2,1H3. The van der Waals surface area contributed by atoms with Crippen molar-refractivity contribution in [2.24, 2.45) is 5.73 Å². The lowest BCUT2D eigenvalue weighted by atomic mass is 9.97. The van der Waals surface area contributed by atoms with Crippen molar-refractivity contribution in [1.29, 1.82) is 0 Å². The van der Waals surface area contributed by atoms with Gasteiger partial charge in [-0.2, -0.15) is 0 Å². The van der Waals surface area contributed by atoms with Crippen LogP contribution in [0.1, 0.15) is 24.0 Å². The lowest BCUT2D eigenvalue weighted by Crippen LogP contribution is -2.25. The molecule has 86 valence electrons. The quantitative estimate of drug-likeness (QED) is 0.818. The lowest BCUT2D eigenvalue weighted by molar-refractivity contribution is 0.168. The minimum absolute atomic E-state index is 0.250. The molecular weight excluding hydrogens is 226 g/mol. The second-order valence-corrected chi connectivity index (χ2v) is 4.95. The van der Waals surface area contributed by atoms with Crippen LogP contribution in [0.5, 0.6) is 11.5 Å². The molecule has 0 aromatic heterocycles. The number of benzene rings is 1.